The van der Waals surface area contributed by atoms with Gasteiger partial charge in [-0.2, -0.15) is 0 Å². The summed E-state index contributed by atoms with van der Waals surface area (Å²) in [6.45, 7) is 0. The summed E-state index contributed by atoms with van der Waals surface area (Å²) in [6.07, 6.45) is 0. The number of rotatable bonds is 4. The zero-order valence-corrected chi connectivity index (χ0v) is 14.4. The van der Waals surface area contributed by atoms with Crippen molar-refractivity contribution < 1.29 is 9.53 Å². The second kappa shape index (κ2) is 7.28. The van der Waals surface area contributed by atoms with E-state index in [0.29, 0.717) is 27.7 Å². The Balaban J connectivity index is 1.83. The highest BCUT2D eigenvalue weighted by molar-refractivity contribution is 6.34. The molecule has 0 aromatic heterocycles. The van der Waals surface area contributed by atoms with Gasteiger partial charge in [-0.05, 0) is 29.3 Å². The van der Waals surface area contributed by atoms with Crippen LogP contribution in [0, 0.1) is 0 Å². The van der Waals surface area contributed by atoms with Crippen LogP contribution in [-0.4, -0.2) is 13.0 Å². The normalized spacial score (nSPS) is 10.3. The van der Waals surface area contributed by atoms with Crippen molar-refractivity contribution in [2.24, 2.45) is 0 Å². The standard InChI is InChI=1S/C20H17ClN2O2/c1-25-18-12-16(22)11-17(21)19(18)23-20(24)15-9-7-14(8-10-15)13-5-3-2-4-6-13/h2-12H,22H2,1H3,(H,23,24). The number of carbonyl (C=O) groups is 1. The van der Waals surface area contributed by atoms with E-state index in [0.717, 1.165) is 11.1 Å². The van der Waals surface area contributed by atoms with Gasteiger partial charge < -0.3 is 15.8 Å². The Hall–Kier alpha value is -2.98. The quantitative estimate of drug-likeness (QED) is 0.660. The van der Waals surface area contributed by atoms with Crippen molar-refractivity contribution in [3.05, 3.63) is 77.3 Å². The molecule has 0 fully saturated rings. The van der Waals surface area contributed by atoms with Crippen LogP contribution < -0.4 is 15.8 Å². The average molecular weight is 353 g/mol. The molecule has 0 unspecified atom stereocenters. The highest BCUT2D eigenvalue weighted by atomic mass is 35.5. The third kappa shape index (κ3) is 3.75. The first-order valence-electron chi connectivity index (χ1n) is 7.68. The minimum absolute atomic E-state index is 0.274. The third-order valence-corrected chi connectivity index (χ3v) is 4.09. The molecule has 4 nitrogen and oxygen atoms in total. The van der Waals surface area contributed by atoms with Gasteiger partial charge in [0.2, 0.25) is 0 Å². The fraction of sp³-hybridized carbons (Fsp3) is 0.0500. The summed E-state index contributed by atoms with van der Waals surface area (Å²) >= 11 is 6.18. The van der Waals surface area contributed by atoms with E-state index in [2.05, 4.69) is 5.32 Å². The molecular formula is C20H17ClN2O2. The van der Waals surface area contributed by atoms with Crippen molar-refractivity contribution in [2.45, 2.75) is 0 Å². The number of anilines is 2. The van der Waals surface area contributed by atoms with Crippen LogP contribution in [0.1, 0.15) is 10.4 Å². The summed E-state index contributed by atoms with van der Waals surface area (Å²) in [5.41, 5.74) is 9.26. The number of amides is 1. The summed E-state index contributed by atoms with van der Waals surface area (Å²) in [5, 5.41) is 3.11. The predicted octanol–water partition coefficient (Wildman–Crippen LogP) is 4.85. The SMILES string of the molecule is COc1cc(N)cc(Cl)c1NC(=O)c1ccc(-c2ccccc2)cc1. The van der Waals surface area contributed by atoms with Gasteiger partial charge >= 0.3 is 0 Å². The van der Waals surface area contributed by atoms with E-state index in [1.54, 1.807) is 24.3 Å². The van der Waals surface area contributed by atoms with Crippen LogP contribution >= 0.6 is 11.6 Å². The van der Waals surface area contributed by atoms with Gasteiger partial charge in [-0.25, -0.2) is 0 Å². The van der Waals surface area contributed by atoms with E-state index in [4.69, 9.17) is 22.1 Å². The number of nitrogens with one attached hydrogen (secondary N) is 1. The maximum absolute atomic E-state index is 12.5. The smallest absolute Gasteiger partial charge is 0.255 e. The van der Waals surface area contributed by atoms with E-state index in [9.17, 15) is 4.79 Å². The van der Waals surface area contributed by atoms with Gasteiger partial charge in [-0.15, -0.1) is 0 Å². The van der Waals surface area contributed by atoms with E-state index in [1.807, 2.05) is 42.5 Å². The summed E-state index contributed by atoms with van der Waals surface area (Å²) in [6, 6.07) is 20.5. The van der Waals surface area contributed by atoms with Crippen LogP contribution in [0.25, 0.3) is 11.1 Å². The zero-order valence-electron chi connectivity index (χ0n) is 13.6. The Labute approximate surface area is 151 Å². The molecule has 3 N–H and O–H groups in total. The highest BCUT2D eigenvalue weighted by Crippen LogP contribution is 2.35. The molecule has 0 bridgehead atoms. The van der Waals surface area contributed by atoms with Gasteiger partial charge in [0.1, 0.15) is 11.4 Å². The average Bonchev–Trinajstić information content (AvgIpc) is 2.64. The monoisotopic (exact) mass is 352 g/mol. The fourth-order valence-corrected chi connectivity index (χ4v) is 2.78. The number of hydrogen-bond acceptors (Lipinski definition) is 3. The summed E-state index contributed by atoms with van der Waals surface area (Å²) < 4.78 is 5.24. The number of nitrogen functional groups attached to an aromatic ring is 1. The van der Waals surface area contributed by atoms with Crippen molar-refractivity contribution in [1.29, 1.82) is 0 Å². The van der Waals surface area contributed by atoms with Crippen LogP contribution in [0.15, 0.2) is 66.7 Å². The summed E-state index contributed by atoms with van der Waals surface area (Å²) in [5.74, 6) is 0.142. The molecule has 3 rings (SSSR count). The lowest BCUT2D eigenvalue weighted by Gasteiger charge is -2.13. The topological polar surface area (TPSA) is 64.3 Å². The van der Waals surface area contributed by atoms with E-state index in [-0.39, 0.29) is 5.91 Å². The molecule has 0 spiro atoms. The number of ether oxygens (including phenoxy) is 1. The molecule has 25 heavy (non-hydrogen) atoms. The van der Waals surface area contributed by atoms with Gasteiger partial charge in [0, 0.05) is 17.3 Å². The van der Waals surface area contributed by atoms with E-state index in [1.165, 1.54) is 7.11 Å². The lowest BCUT2D eigenvalue weighted by molar-refractivity contribution is 0.102. The number of benzene rings is 3. The minimum atomic E-state index is -0.274. The second-order valence-electron chi connectivity index (χ2n) is 5.48. The Morgan fingerprint density at radius 1 is 1.00 bits per heavy atom. The number of hydrogen-bond donors (Lipinski definition) is 2. The Morgan fingerprint density at radius 3 is 2.28 bits per heavy atom. The fourth-order valence-electron chi connectivity index (χ4n) is 2.51. The number of carbonyl (C=O) groups excluding carboxylic acids is 1. The summed E-state index contributed by atoms with van der Waals surface area (Å²) in [7, 11) is 1.50. The molecule has 1 amide bonds. The van der Waals surface area contributed by atoms with Crippen molar-refractivity contribution in [1.82, 2.24) is 0 Å². The first-order chi connectivity index (χ1) is 12.1. The van der Waals surface area contributed by atoms with Gasteiger partial charge in [-0.1, -0.05) is 54.1 Å². The van der Waals surface area contributed by atoms with Crippen LogP contribution in [-0.2, 0) is 0 Å². The molecule has 0 aliphatic heterocycles. The Morgan fingerprint density at radius 2 is 1.64 bits per heavy atom. The number of halogens is 1. The molecular weight excluding hydrogens is 336 g/mol. The molecule has 126 valence electrons. The van der Waals surface area contributed by atoms with Crippen molar-refractivity contribution in [3.8, 4) is 16.9 Å². The molecule has 0 aliphatic rings. The Bertz CT molecular complexity index is 894. The van der Waals surface area contributed by atoms with Gasteiger partial charge in [-0.3, -0.25) is 4.79 Å². The molecule has 5 heteroatoms. The first-order valence-corrected chi connectivity index (χ1v) is 8.06. The molecule has 0 radical (unpaired) electrons. The van der Waals surface area contributed by atoms with Crippen molar-refractivity contribution in [3.63, 3.8) is 0 Å². The Kier molecular flexibility index (Phi) is 4.91. The third-order valence-electron chi connectivity index (χ3n) is 3.79. The second-order valence-corrected chi connectivity index (χ2v) is 5.88. The van der Waals surface area contributed by atoms with Gasteiger partial charge in [0.25, 0.3) is 5.91 Å². The number of methoxy groups -OCH3 is 1. The molecule has 0 atom stereocenters. The van der Waals surface area contributed by atoms with Crippen LogP contribution in [0.2, 0.25) is 5.02 Å². The number of nitrogens with two attached hydrogens (primary N) is 1. The summed E-state index contributed by atoms with van der Waals surface area (Å²) in [4.78, 5) is 12.5. The lowest BCUT2D eigenvalue weighted by Crippen LogP contribution is -2.13. The lowest BCUT2D eigenvalue weighted by atomic mass is 10.0. The van der Waals surface area contributed by atoms with Crippen molar-refractivity contribution in [2.75, 3.05) is 18.2 Å². The molecule has 3 aromatic carbocycles. The zero-order chi connectivity index (χ0) is 17.8. The maximum atomic E-state index is 12.5. The van der Waals surface area contributed by atoms with Gasteiger partial charge in [0.15, 0.2) is 0 Å². The highest BCUT2D eigenvalue weighted by Gasteiger charge is 2.14. The predicted molar refractivity (Wildman–Crippen MR) is 102 cm³/mol. The first kappa shape index (κ1) is 16.9. The van der Waals surface area contributed by atoms with Crippen LogP contribution in [0.3, 0.4) is 0 Å². The molecule has 0 heterocycles. The van der Waals surface area contributed by atoms with Crippen molar-refractivity contribution >= 4 is 28.9 Å². The van der Waals surface area contributed by atoms with Gasteiger partial charge in [0.05, 0.1) is 12.1 Å². The van der Waals surface area contributed by atoms with E-state index < -0.39 is 0 Å². The molecule has 0 saturated carbocycles. The largest absolute Gasteiger partial charge is 0.494 e. The molecule has 0 saturated heterocycles. The molecule has 0 aliphatic carbocycles. The maximum Gasteiger partial charge on any atom is 0.255 e. The molecule has 3 aromatic rings. The van der Waals surface area contributed by atoms with Crippen LogP contribution in [0.5, 0.6) is 5.75 Å². The van der Waals surface area contributed by atoms with E-state index >= 15 is 0 Å². The minimum Gasteiger partial charge on any atom is -0.494 e. The van der Waals surface area contributed by atoms with Crippen LogP contribution in [0.4, 0.5) is 11.4 Å².